The second-order valence-electron chi connectivity index (χ2n) is 6.91. The van der Waals surface area contributed by atoms with Gasteiger partial charge in [-0.2, -0.15) is 0 Å². The number of anilines is 2. The van der Waals surface area contributed by atoms with Crippen LogP contribution in [0.2, 0.25) is 0 Å². The molecule has 1 aromatic rings. The second-order valence-corrected chi connectivity index (χ2v) is 6.91. The number of piperidine rings is 1. The Morgan fingerprint density at radius 1 is 1.04 bits per heavy atom. The van der Waals surface area contributed by atoms with E-state index in [1.165, 1.54) is 4.57 Å². The van der Waals surface area contributed by atoms with E-state index in [1.807, 2.05) is 18.7 Å². The Labute approximate surface area is 163 Å². The highest BCUT2D eigenvalue weighted by Crippen LogP contribution is 2.21. The van der Waals surface area contributed by atoms with Crippen molar-refractivity contribution in [3.63, 3.8) is 0 Å². The third-order valence-electron chi connectivity index (χ3n) is 4.65. The summed E-state index contributed by atoms with van der Waals surface area (Å²) in [4.78, 5) is 51.5. The molecule has 0 aliphatic carbocycles. The van der Waals surface area contributed by atoms with Crippen molar-refractivity contribution >= 4 is 23.4 Å². The number of amides is 3. The summed E-state index contributed by atoms with van der Waals surface area (Å²) in [5.41, 5.74) is 5.20. The van der Waals surface area contributed by atoms with Crippen LogP contribution < -0.4 is 32.5 Å². The van der Waals surface area contributed by atoms with Crippen LogP contribution in [0.5, 0.6) is 0 Å². The Kier molecular flexibility index (Phi) is 7.65. The molecule has 10 nitrogen and oxygen atoms in total. The summed E-state index contributed by atoms with van der Waals surface area (Å²) in [6.45, 7) is 5.35. The average Bonchev–Trinajstić information content (AvgIpc) is 2.68. The molecule has 1 aliphatic heterocycles. The van der Waals surface area contributed by atoms with Gasteiger partial charge in [-0.15, -0.1) is 0 Å². The number of imide groups is 1. The van der Waals surface area contributed by atoms with Gasteiger partial charge in [-0.05, 0) is 32.1 Å². The van der Waals surface area contributed by atoms with Gasteiger partial charge in [0.15, 0.2) is 0 Å². The van der Waals surface area contributed by atoms with Crippen molar-refractivity contribution in [3.05, 3.63) is 20.8 Å². The third kappa shape index (κ3) is 4.93. The molecule has 3 amide bonds. The average molecular weight is 394 g/mol. The minimum atomic E-state index is -0.731. The molecule has 0 saturated carbocycles. The summed E-state index contributed by atoms with van der Waals surface area (Å²) in [6.07, 6.45) is 4.32. The molecule has 1 aromatic heterocycles. The lowest BCUT2D eigenvalue weighted by molar-refractivity contribution is -0.120. The molecule has 0 radical (unpaired) electrons. The number of nitrogen functional groups attached to an aromatic ring is 1. The molecule has 4 N–H and O–H groups in total. The van der Waals surface area contributed by atoms with E-state index in [0.29, 0.717) is 32.6 Å². The van der Waals surface area contributed by atoms with Crippen LogP contribution in [-0.2, 0) is 17.9 Å². The van der Waals surface area contributed by atoms with Crippen molar-refractivity contribution in [1.82, 2.24) is 19.8 Å². The molecule has 1 saturated heterocycles. The minimum Gasteiger partial charge on any atom is -0.383 e. The van der Waals surface area contributed by atoms with Gasteiger partial charge in [0, 0.05) is 26.2 Å². The topological polar surface area (TPSA) is 131 Å². The molecule has 1 aliphatic rings. The Bertz CT molecular complexity index is 823. The summed E-state index contributed by atoms with van der Waals surface area (Å²) in [7, 11) is 0. The van der Waals surface area contributed by atoms with Gasteiger partial charge in [0.05, 0.1) is 0 Å². The number of aromatic nitrogens is 2. The Balaban J connectivity index is 2.38. The van der Waals surface area contributed by atoms with Gasteiger partial charge in [0.25, 0.3) is 5.56 Å². The predicted molar refractivity (Wildman–Crippen MR) is 108 cm³/mol. The molecule has 2 rings (SSSR count). The minimum absolute atomic E-state index is 0.135. The van der Waals surface area contributed by atoms with E-state index >= 15 is 0 Å². The first-order valence-corrected chi connectivity index (χ1v) is 9.86. The Hall–Kier alpha value is -2.78. The molecule has 0 bridgehead atoms. The van der Waals surface area contributed by atoms with Crippen LogP contribution >= 0.6 is 0 Å². The summed E-state index contributed by atoms with van der Waals surface area (Å²) >= 11 is 0. The highest BCUT2D eigenvalue weighted by molar-refractivity contribution is 5.94. The molecular weight excluding hydrogens is 364 g/mol. The number of nitrogens with two attached hydrogens (primary N) is 1. The van der Waals surface area contributed by atoms with Crippen molar-refractivity contribution in [2.24, 2.45) is 0 Å². The monoisotopic (exact) mass is 394 g/mol. The first-order valence-electron chi connectivity index (χ1n) is 9.86. The van der Waals surface area contributed by atoms with Crippen molar-refractivity contribution in [2.45, 2.75) is 59.0 Å². The lowest BCUT2D eigenvalue weighted by Crippen LogP contribution is -2.49. The molecule has 0 aromatic carbocycles. The van der Waals surface area contributed by atoms with Crippen molar-refractivity contribution in [2.75, 3.05) is 30.3 Å². The van der Waals surface area contributed by atoms with E-state index in [-0.39, 0.29) is 11.5 Å². The van der Waals surface area contributed by atoms with Crippen LogP contribution in [-0.4, -0.2) is 40.7 Å². The molecule has 0 atom stereocenters. The fraction of sp³-hybridized carbons (Fsp3) is 0.667. The summed E-state index contributed by atoms with van der Waals surface area (Å²) in [5, 5.41) is 4.65. The van der Waals surface area contributed by atoms with Crippen LogP contribution in [0.15, 0.2) is 9.59 Å². The zero-order chi connectivity index (χ0) is 20.7. The SMILES string of the molecule is CCCNC(=O)NC(=O)Cn1c(=O)c(N2CCCCC2)c(N)n(CCC)c1=O. The highest BCUT2D eigenvalue weighted by atomic mass is 16.2. The molecular formula is C18H30N6O4. The van der Waals surface area contributed by atoms with Crippen LogP contribution in [0.3, 0.4) is 0 Å². The van der Waals surface area contributed by atoms with Crippen LogP contribution in [0.25, 0.3) is 0 Å². The summed E-state index contributed by atoms with van der Waals surface area (Å²) < 4.78 is 2.19. The van der Waals surface area contributed by atoms with Crippen LogP contribution in [0.4, 0.5) is 16.3 Å². The van der Waals surface area contributed by atoms with Gasteiger partial charge in [0.2, 0.25) is 5.91 Å². The van der Waals surface area contributed by atoms with Crippen molar-refractivity contribution < 1.29 is 9.59 Å². The van der Waals surface area contributed by atoms with Gasteiger partial charge in [0.1, 0.15) is 18.1 Å². The van der Waals surface area contributed by atoms with Gasteiger partial charge in [-0.1, -0.05) is 13.8 Å². The van der Waals surface area contributed by atoms with Crippen molar-refractivity contribution in [1.29, 1.82) is 0 Å². The number of hydrogen-bond donors (Lipinski definition) is 3. The second kappa shape index (κ2) is 9.95. The molecule has 2 heterocycles. The van der Waals surface area contributed by atoms with E-state index in [0.717, 1.165) is 30.3 Å². The quantitative estimate of drug-likeness (QED) is 0.607. The number of carbonyl (C=O) groups is 2. The number of urea groups is 1. The highest BCUT2D eigenvalue weighted by Gasteiger charge is 2.24. The maximum atomic E-state index is 13.0. The maximum absolute atomic E-state index is 13.0. The molecule has 0 unspecified atom stereocenters. The maximum Gasteiger partial charge on any atom is 0.333 e. The zero-order valence-corrected chi connectivity index (χ0v) is 16.6. The molecule has 10 heteroatoms. The van der Waals surface area contributed by atoms with Crippen molar-refractivity contribution in [3.8, 4) is 0 Å². The standard InChI is InChI=1S/C18H30N6O4/c1-3-8-20-17(27)21-13(25)12-24-16(26)14(22-10-6-5-7-11-22)15(19)23(9-4-2)18(24)28/h3-12,19H2,1-2H3,(H2,20,21,25,27). The van der Waals surface area contributed by atoms with Gasteiger partial charge >= 0.3 is 11.7 Å². The number of rotatable bonds is 7. The first kappa shape index (κ1) is 21.5. The third-order valence-corrected chi connectivity index (χ3v) is 4.65. The largest absolute Gasteiger partial charge is 0.383 e. The van der Waals surface area contributed by atoms with E-state index in [1.54, 1.807) is 0 Å². The fourth-order valence-electron chi connectivity index (χ4n) is 3.29. The summed E-state index contributed by atoms with van der Waals surface area (Å²) in [6, 6.07) is -0.652. The lowest BCUT2D eigenvalue weighted by atomic mass is 10.1. The summed E-state index contributed by atoms with van der Waals surface area (Å²) in [5.74, 6) is -0.596. The van der Waals surface area contributed by atoms with E-state index in [2.05, 4.69) is 10.6 Å². The van der Waals surface area contributed by atoms with Gasteiger partial charge in [-0.25, -0.2) is 14.2 Å². The number of carbonyl (C=O) groups excluding carboxylic acids is 2. The van der Waals surface area contributed by atoms with E-state index in [9.17, 15) is 19.2 Å². The predicted octanol–water partition coefficient (Wildman–Crippen LogP) is 0.228. The smallest absolute Gasteiger partial charge is 0.333 e. The lowest BCUT2D eigenvalue weighted by Gasteiger charge is -2.30. The normalized spacial score (nSPS) is 14.0. The van der Waals surface area contributed by atoms with Gasteiger partial charge < -0.3 is 16.0 Å². The van der Waals surface area contributed by atoms with E-state index < -0.39 is 29.7 Å². The van der Waals surface area contributed by atoms with Crippen LogP contribution in [0.1, 0.15) is 46.0 Å². The van der Waals surface area contributed by atoms with Gasteiger partial charge in [-0.3, -0.25) is 19.5 Å². The number of nitrogens with one attached hydrogen (secondary N) is 2. The zero-order valence-electron chi connectivity index (χ0n) is 16.6. The Morgan fingerprint density at radius 2 is 1.71 bits per heavy atom. The number of hydrogen-bond acceptors (Lipinski definition) is 6. The van der Waals surface area contributed by atoms with E-state index in [4.69, 9.17) is 5.73 Å². The molecule has 156 valence electrons. The molecule has 28 heavy (non-hydrogen) atoms. The first-order chi connectivity index (χ1) is 13.4. The molecule has 0 spiro atoms. The molecule has 1 fully saturated rings. The Morgan fingerprint density at radius 3 is 2.32 bits per heavy atom. The van der Waals surface area contributed by atoms with Crippen LogP contribution in [0, 0.1) is 0 Å². The fourth-order valence-corrected chi connectivity index (χ4v) is 3.29. The number of nitrogens with zero attached hydrogens (tertiary/aromatic N) is 3.